The van der Waals surface area contributed by atoms with Crippen LogP contribution in [0.5, 0.6) is 0 Å². The third kappa shape index (κ3) is 3.56. The van der Waals surface area contributed by atoms with Crippen LogP contribution in [0.15, 0.2) is 9.90 Å². The molecular formula is C20H28N4O2S. The highest BCUT2D eigenvalue weighted by Gasteiger charge is 2.31. The summed E-state index contributed by atoms with van der Waals surface area (Å²) in [5.74, 6) is 1.13. The largest absolute Gasteiger partial charge is 0.361 e. The summed E-state index contributed by atoms with van der Waals surface area (Å²) in [5.41, 5.74) is 4.38. The zero-order chi connectivity index (χ0) is 19.1. The van der Waals surface area contributed by atoms with Crippen molar-refractivity contribution >= 4 is 17.2 Å². The van der Waals surface area contributed by atoms with Crippen molar-refractivity contribution in [2.75, 3.05) is 33.7 Å². The number of fused-ring (bicyclic) bond motifs is 1. The fourth-order valence-electron chi connectivity index (χ4n) is 4.17. The molecule has 2 aliphatic heterocycles. The molecule has 4 rings (SSSR count). The summed E-state index contributed by atoms with van der Waals surface area (Å²) in [6.45, 7) is 8.41. The number of carbonyl (C=O) groups is 1. The van der Waals surface area contributed by atoms with Gasteiger partial charge in [-0.3, -0.25) is 9.69 Å². The predicted octanol–water partition coefficient (Wildman–Crippen LogP) is 2.69. The molecule has 6 nitrogen and oxygen atoms in total. The highest BCUT2D eigenvalue weighted by molar-refractivity contribution is 7.10. The summed E-state index contributed by atoms with van der Waals surface area (Å²) in [7, 11) is 4.19. The molecule has 2 aliphatic rings. The molecule has 0 N–H and O–H groups in total. The van der Waals surface area contributed by atoms with Gasteiger partial charge in [-0.05, 0) is 46.3 Å². The van der Waals surface area contributed by atoms with Gasteiger partial charge in [-0.15, -0.1) is 11.3 Å². The van der Waals surface area contributed by atoms with Crippen LogP contribution in [0.25, 0.3) is 0 Å². The highest BCUT2D eigenvalue weighted by atomic mass is 32.1. The Kier molecular flexibility index (Phi) is 5.09. The molecule has 0 spiro atoms. The van der Waals surface area contributed by atoms with E-state index in [-0.39, 0.29) is 5.91 Å². The van der Waals surface area contributed by atoms with Crippen LogP contribution in [0.1, 0.15) is 44.2 Å². The maximum absolute atomic E-state index is 13.1. The van der Waals surface area contributed by atoms with Crippen molar-refractivity contribution in [2.45, 2.75) is 45.8 Å². The van der Waals surface area contributed by atoms with Gasteiger partial charge in [0.05, 0.1) is 11.3 Å². The SMILES string of the molecule is Cc1noc(C)c1CN1CCc2c(C(=O)N3CC[C@H](N(C)C)C3)csc2C1. The van der Waals surface area contributed by atoms with Crippen LogP contribution in [0.4, 0.5) is 0 Å². The molecule has 0 aliphatic carbocycles. The Hall–Kier alpha value is -1.70. The van der Waals surface area contributed by atoms with Gasteiger partial charge in [0.25, 0.3) is 5.91 Å². The molecule has 1 saturated heterocycles. The zero-order valence-corrected chi connectivity index (χ0v) is 17.4. The highest BCUT2D eigenvalue weighted by Crippen LogP contribution is 2.31. The molecule has 1 amide bonds. The molecule has 0 radical (unpaired) electrons. The molecule has 0 saturated carbocycles. The van der Waals surface area contributed by atoms with E-state index in [1.54, 1.807) is 11.3 Å². The van der Waals surface area contributed by atoms with E-state index < -0.39 is 0 Å². The summed E-state index contributed by atoms with van der Waals surface area (Å²) in [6.07, 6.45) is 2.00. The van der Waals surface area contributed by atoms with Gasteiger partial charge in [-0.25, -0.2) is 0 Å². The minimum Gasteiger partial charge on any atom is -0.361 e. The second-order valence-electron chi connectivity index (χ2n) is 7.97. The smallest absolute Gasteiger partial charge is 0.255 e. The Labute approximate surface area is 164 Å². The number of thiophene rings is 1. The molecule has 0 unspecified atom stereocenters. The summed E-state index contributed by atoms with van der Waals surface area (Å²) in [4.78, 5) is 21.1. The lowest BCUT2D eigenvalue weighted by Crippen LogP contribution is -2.35. The van der Waals surface area contributed by atoms with Crippen LogP contribution in [0.3, 0.4) is 0 Å². The minimum absolute atomic E-state index is 0.219. The van der Waals surface area contributed by atoms with Crippen molar-refractivity contribution in [1.82, 2.24) is 19.9 Å². The van der Waals surface area contributed by atoms with Crippen LogP contribution in [0, 0.1) is 13.8 Å². The van der Waals surface area contributed by atoms with Crippen molar-refractivity contribution in [3.8, 4) is 0 Å². The first-order valence-corrected chi connectivity index (χ1v) is 10.5. The first-order valence-electron chi connectivity index (χ1n) is 9.63. The molecule has 146 valence electrons. The number of likely N-dealkylation sites (N-methyl/N-ethyl adjacent to an activating group) is 1. The van der Waals surface area contributed by atoms with Crippen LogP contribution in [0.2, 0.25) is 0 Å². The molecule has 4 heterocycles. The Morgan fingerprint density at radius 3 is 2.85 bits per heavy atom. The molecular weight excluding hydrogens is 360 g/mol. The monoisotopic (exact) mass is 388 g/mol. The van der Waals surface area contributed by atoms with Gasteiger partial charge in [0.15, 0.2) is 0 Å². The fourth-order valence-corrected chi connectivity index (χ4v) is 5.28. The third-order valence-corrected chi connectivity index (χ3v) is 7.01. The lowest BCUT2D eigenvalue weighted by atomic mass is 10.0. The van der Waals surface area contributed by atoms with Crippen LogP contribution < -0.4 is 0 Å². The van der Waals surface area contributed by atoms with E-state index in [0.29, 0.717) is 6.04 Å². The fraction of sp³-hybridized carbons (Fsp3) is 0.600. The van der Waals surface area contributed by atoms with Gasteiger partial charge in [0.2, 0.25) is 0 Å². The molecule has 0 bridgehead atoms. The van der Waals surface area contributed by atoms with E-state index in [1.165, 1.54) is 16.0 Å². The number of aryl methyl sites for hydroxylation is 2. The van der Waals surface area contributed by atoms with E-state index in [9.17, 15) is 4.79 Å². The molecule has 7 heteroatoms. The van der Waals surface area contributed by atoms with E-state index in [0.717, 1.165) is 62.6 Å². The van der Waals surface area contributed by atoms with Crippen LogP contribution in [-0.4, -0.2) is 65.5 Å². The maximum atomic E-state index is 13.1. The maximum Gasteiger partial charge on any atom is 0.255 e. The molecule has 2 aromatic rings. The zero-order valence-electron chi connectivity index (χ0n) is 16.6. The number of likely N-dealkylation sites (tertiary alicyclic amines) is 1. The van der Waals surface area contributed by atoms with Gasteiger partial charge in [-0.2, -0.15) is 0 Å². The van der Waals surface area contributed by atoms with Crippen LogP contribution >= 0.6 is 11.3 Å². The van der Waals surface area contributed by atoms with Gasteiger partial charge < -0.3 is 14.3 Å². The van der Waals surface area contributed by atoms with E-state index in [4.69, 9.17) is 4.52 Å². The van der Waals surface area contributed by atoms with Gasteiger partial charge in [-0.1, -0.05) is 5.16 Å². The van der Waals surface area contributed by atoms with E-state index >= 15 is 0 Å². The topological polar surface area (TPSA) is 52.8 Å². The summed E-state index contributed by atoms with van der Waals surface area (Å²) in [6, 6.07) is 0.481. The Morgan fingerprint density at radius 1 is 1.37 bits per heavy atom. The first kappa shape index (κ1) is 18.7. The number of hydrogen-bond acceptors (Lipinski definition) is 6. The Balaban J connectivity index is 1.45. The van der Waals surface area contributed by atoms with Gasteiger partial charge in [0.1, 0.15) is 5.76 Å². The van der Waals surface area contributed by atoms with Gasteiger partial charge >= 0.3 is 0 Å². The standard InChI is InChI=1S/C20H28N4O2S/c1-13-17(14(2)26-21-13)10-23-7-6-16-18(12-27-19(16)11-23)20(25)24-8-5-15(9-24)22(3)4/h12,15H,5-11H2,1-4H3/t15-/m0/s1. The van der Waals surface area contributed by atoms with Crippen LogP contribution in [-0.2, 0) is 19.5 Å². The molecule has 2 aromatic heterocycles. The number of amides is 1. The molecule has 27 heavy (non-hydrogen) atoms. The Morgan fingerprint density at radius 2 is 2.19 bits per heavy atom. The average Bonchev–Trinajstić information content (AvgIpc) is 3.36. The van der Waals surface area contributed by atoms with Crippen molar-refractivity contribution in [3.05, 3.63) is 38.4 Å². The summed E-state index contributed by atoms with van der Waals surface area (Å²) < 4.78 is 5.30. The van der Waals surface area contributed by atoms with E-state index in [2.05, 4.69) is 34.4 Å². The number of carbonyl (C=O) groups excluding carboxylic acids is 1. The lowest BCUT2D eigenvalue weighted by Gasteiger charge is -2.27. The lowest BCUT2D eigenvalue weighted by molar-refractivity contribution is 0.0781. The quantitative estimate of drug-likeness (QED) is 0.806. The second-order valence-corrected chi connectivity index (χ2v) is 8.94. The number of nitrogens with zero attached hydrogens (tertiary/aromatic N) is 4. The van der Waals surface area contributed by atoms with Crippen molar-refractivity contribution < 1.29 is 9.32 Å². The number of rotatable bonds is 4. The average molecular weight is 389 g/mol. The predicted molar refractivity (Wildman–Crippen MR) is 106 cm³/mol. The first-order chi connectivity index (χ1) is 12.9. The van der Waals surface area contributed by atoms with Crippen molar-refractivity contribution in [1.29, 1.82) is 0 Å². The Bertz CT molecular complexity index is 822. The third-order valence-electron chi connectivity index (χ3n) is 6.00. The molecule has 0 aromatic carbocycles. The number of hydrogen-bond donors (Lipinski definition) is 0. The number of aromatic nitrogens is 1. The van der Waals surface area contributed by atoms with E-state index in [1.807, 2.05) is 18.7 Å². The second kappa shape index (κ2) is 7.37. The van der Waals surface area contributed by atoms with Crippen molar-refractivity contribution in [2.24, 2.45) is 0 Å². The summed E-state index contributed by atoms with van der Waals surface area (Å²) in [5, 5.41) is 6.14. The molecule has 1 atom stereocenters. The molecule has 1 fully saturated rings. The summed E-state index contributed by atoms with van der Waals surface area (Å²) >= 11 is 1.73. The minimum atomic E-state index is 0.219. The van der Waals surface area contributed by atoms with Gasteiger partial charge in [0, 0.05) is 54.6 Å². The normalized spacial score (nSPS) is 20.5. The van der Waals surface area contributed by atoms with Crippen molar-refractivity contribution in [3.63, 3.8) is 0 Å².